The number of rotatable bonds is 2. The van der Waals surface area contributed by atoms with E-state index in [1.54, 1.807) is 12.4 Å². The summed E-state index contributed by atoms with van der Waals surface area (Å²) in [7, 11) is 0. The first-order valence-electron chi connectivity index (χ1n) is 10.8. The molecule has 154 valence electrons. The number of aryl methyl sites for hydroxylation is 1. The molecule has 0 amide bonds. The Morgan fingerprint density at radius 3 is 2.55 bits per heavy atom. The predicted molar refractivity (Wildman–Crippen MR) is 117 cm³/mol. The molecule has 5 nitrogen and oxygen atoms in total. The Balaban J connectivity index is 1.83. The second kappa shape index (κ2) is 7.39. The summed E-state index contributed by atoms with van der Waals surface area (Å²) < 4.78 is 0. The molecule has 1 aromatic carbocycles. The van der Waals surface area contributed by atoms with E-state index < -0.39 is 11.3 Å². The molecule has 0 radical (unpaired) electrons. The van der Waals surface area contributed by atoms with E-state index in [1.807, 2.05) is 44.2 Å². The lowest BCUT2D eigenvalue weighted by molar-refractivity contribution is -0.131. The van der Waals surface area contributed by atoms with Crippen LogP contribution >= 0.6 is 0 Å². The molecule has 2 aromatic heterocycles. The number of nitriles is 1. The van der Waals surface area contributed by atoms with E-state index in [4.69, 9.17) is 9.97 Å². The van der Waals surface area contributed by atoms with Crippen LogP contribution in [0.25, 0.3) is 11.3 Å². The van der Waals surface area contributed by atoms with Crippen LogP contribution in [0.3, 0.4) is 0 Å². The van der Waals surface area contributed by atoms with Crippen molar-refractivity contribution < 1.29 is 4.79 Å². The van der Waals surface area contributed by atoms with Gasteiger partial charge in [0.05, 0.1) is 17.5 Å². The van der Waals surface area contributed by atoms with E-state index in [9.17, 15) is 10.1 Å². The molecule has 1 fully saturated rings. The number of fused-ring (bicyclic) bond motifs is 3. The van der Waals surface area contributed by atoms with Gasteiger partial charge in [0.2, 0.25) is 0 Å². The molecule has 0 aliphatic heterocycles. The van der Waals surface area contributed by atoms with Crippen LogP contribution in [0.4, 0.5) is 0 Å². The zero-order valence-electron chi connectivity index (χ0n) is 17.7. The Morgan fingerprint density at radius 1 is 1.10 bits per heavy atom. The third kappa shape index (κ3) is 2.90. The quantitative estimate of drug-likeness (QED) is 0.626. The first-order chi connectivity index (χ1) is 15.1. The van der Waals surface area contributed by atoms with Crippen LogP contribution in [0.15, 0.2) is 54.9 Å². The number of hydrogen-bond donors (Lipinski definition) is 0. The fourth-order valence-corrected chi connectivity index (χ4v) is 5.85. The van der Waals surface area contributed by atoms with Gasteiger partial charge in [0.25, 0.3) is 0 Å². The average Bonchev–Trinajstić information content (AvgIpc) is 2.81. The standard InChI is InChI=1S/C26H24N4O/c1-16-22-9-8-21-23(18-10-12-28-13-11-18)29-17(2)30-25(21)26(22,14-19(15-27)24(16)31)20-6-4-3-5-7-20/h3-7,10-13,16,19,22H,8-9,14H2,1-2H3/t16-,19?,22-,26-/m0/s1. The molecule has 1 unspecified atom stereocenters. The van der Waals surface area contributed by atoms with Gasteiger partial charge in [0.1, 0.15) is 11.7 Å². The number of nitrogens with zero attached hydrogens (tertiary/aromatic N) is 4. The highest BCUT2D eigenvalue weighted by atomic mass is 16.1. The fourth-order valence-electron chi connectivity index (χ4n) is 5.85. The third-order valence-electron chi connectivity index (χ3n) is 7.20. The highest BCUT2D eigenvalue weighted by molar-refractivity contribution is 5.87. The van der Waals surface area contributed by atoms with E-state index in [-0.39, 0.29) is 17.6 Å². The van der Waals surface area contributed by atoms with E-state index in [0.29, 0.717) is 12.2 Å². The van der Waals surface area contributed by atoms with Gasteiger partial charge in [-0.1, -0.05) is 37.3 Å². The minimum Gasteiger partial charge on any atom is -0.298 e. The van der Waals surface area contributed by atoms with Gasteiger partial charge in [0.15, 0.2) is 5.78 Å². The Morgan fingerprint density at radius 2 is 1.84 bits per heavy atom. The molecule has 2 aliphatic carbocycles. The lowest BCUT2D eigenvalue weighted by atomic mass is 9.50. The van der Waals surface area contributed by atoms with E-state index >= 15 is 0 Å². The molecule has 2 heterocycles. The van der Waals surface area contributed by atoms with Crippen molar-refractivity contribution in [2.75, 3.05) is 0 Å². The molecular weight excluding hydrogens is 384 g/mol. The second-order valence-electron chi connectivity index (χ2n) is 8.74. The van der Waals surface area contributed by atoms with Crippen molar-refractivity contribution in [3.8, 4) is 17.3 Å². The number of hydrogen-bond acceptors (Lipinski definition) is 5. The van der Waals surface area contributed by atoms with Gasteiger partial charge >= 0.3 is 0 Å². The molecule has 3 aromatic rings. The maximum atomic E-state index is 13.0. The van der Waals surface area contributed by atoms with Gasteiger partial charge in [-0.2, -0.15) is 5.26 Å². The predicted octanol–water partition coefficient (Wildman–Crippen LogP) is 4.44. The Hall–Kier alpha value is -3.39. The van der Waals surface area contributed by atoms with Gasteiger partial charge in [-0.25, -0.2) is 9.97 Å². The number of ketones is 1. The van der Waals surface area contributed by atoms with Crippen molar-refractivity contribution in [3.05, 3.63) is 77.5 Å². The number of carbonyl (C=O) groups excluding carboxylic acids is 1. The topological polar surface area (TPSA) is 79.5 Å². The Labute approximate surface area is 182 Å². The van der Waals surface area contributed by atoms with Crippen LogP contribution in [0.5, 0.6) is 0 Å². The van der Waals surface area contributed by atoms with Gasteiger partial charge in [-0.15, -0.1) is 0 Å². The summed E-state index contributed by atoms with van der Waals surface area (Å²) in [6, 6.07) is 16.6. The van der Waals surface area contributed by atoms with Crippen molar-refractivity contribution in [3.63, 3.8) is 0 Å². The van der Waals surface area contributed by atoms with Crippen LogP contribution in [0.2, 0.25) is 0 Å². The molecular formula is C26H24N4O. The smallest absolute Gasteiger partial charge is 0.153 e. The zero-order chi connectivity index (χ0) is 21.6. The summed E-state index contributed by atoms with van der Waals surface area (Å²) in [5.41, 5.74) is 4.76. The lowest BCUT2D eigenvalue weighted by Gasteiger charge is -2.51. The van der Waals surface area contributed by atoms with Crippen LogP contribution < -0.4 is 0 Å². The maximum Gasteiger partial charge on any atom is 0.153 e. The first-order valence-corrected chi connectivity index (χ1v) is 10.8. The fraction of sp³-hybridized carbons (Fsp3) is 0.346. The van der Waals surface area contributed by atoms with Gasteiger partial charge < -0.3 is 0 Å². The van der Waals surface area contributed by atoms with Gasteiger partial charge in [0, 0.05) is 34.9 Å². The van der Waals surface area contributed by atoms with Crippen molar-refractivity contribution in [2.45, 2.75) is 38.5 Å². The molecule has 2 aliphatic rings. The van der Waals surface area contributed by atoms with Gasteiger partial charge in [-0.05, 0) is 49.8 Å². The molecule has 31 heavy (non-hydrogen) atoms. The SMILES string of the molecule is Cc1nc(-c2ccncc2)c2c(n1)[C@]1(c3ccccc3)CC(C#N)C(=O)[C@@H](C)[C@@H]1CC2. The van der Waals surface area contributed by atoms with E-state index in [0.717, 1.165) is 40.9 Å². The number of aromatic nitrogens is 3. The highest BCUT2D eigenvalue weighted by Gasteiger charge is 2.56. The number of Topliss-reactive ketones (excluding diaryl/α,β-unsaturated/α-hetero) is 1. The summed E-state index contributed by atoms with van der Waals surface area (Å²) in [6.07, 6.45) is 5.73. The largest absolute Gasteiger partial charge is 0.298 e. The number of benzene rings is 1. The molecule has 0 N–H and O–H groups in total. The summed E-state index contributed by atoms with van der Waals surface area (Å²) in [5, 5.41) is 9.86. The summed E-state index contributed by atoms with van der Waals surface area (Å²) in [6.45, 7) is 3.92. The Bertz CT molecular complexity index is 1190. The normalized spacial score (nSPS) is 27.1. The van der Waals surface area contributed by atoms with Crippen LogP contribution in [-0.4, -0.2) is 20.7 Å². The summed E-state index contributed by atoms with van der Waals surface area (Å²) in [4.78, 5) is 27.0. The minimum atomic E-state index is -0.628. The molecule has 1 saturated carbocycles. The Kier molecular flexibility index (Phi) is 4.66. The summed E-state index contributed by atoms with van der Waals surface area (Å²) >= 11 is 0. The van der Waals surface area contributed by atoms with Crippen molar-refractivity contribution in [1.29, 1.82) is 5.26 Å². The molecule has 4 atom stereocenters. The van der Waals surface area contributed by atoms with Crippen molar-refractivity contribution >= 4 is 5.78 Å². The van der Waals surface area contributed by atoms with Gasteiger partial charge in [-0.3, -0.25) is 9.78 Å². The van der Waals surface area contributed by atoms with Crippen molar-refractivity contribution in [1.82, 2.24) is 15.0 Å². The summed E-state index contributed by atoms with van der Waals surface area (Å²) in [5.74, 6) is 0.0739. The number of carbonyl (C=O) groups is 1. The minimum absolute atomic E-state index is 0.0719. The van der Waals surface area contributed by atoms with E-state index in [2.05, 4.69) is 23.2 Å². The second-order valence-corrected chi connectivity index (χ2v) is 8.74. The maximum absolute atomic E-state index is 13.0. The molecule has 5 rings (SSSR count). The van der Waals surface area contributed by atoms with E-state index in [1.165, 1.54) is 0 Å². The molecule has 0 bridgehead atoms. The van der Waals surface area contributed by atoms with Crippen LogP contribution in [0.1, 0.15) is 42.4 Å². The first kappa shape index (κ1) is 19.6. The molecule has 5 heteroatoms. The monoisotopic (exact) mass is 408 g/mol. The molecule has 0 spiro atoms. The average molecular weight is 409 g/mol. The highest BCUT2D eigenvalue weighted by Crippen LogP contribution is 2.56. The molecule has 0 saturated heterocycles. The van der Waals surface area contributed by atoms with Crippen molar-refractivity contribution in [2.24, 2.45) is 17.8 Å². The zero-order valence-corrected chi connectivity index (χ0v) is 17.7. The third-order valence-corrected chi connectivity index (χ3v) is 7.20. The van der Waals surface area contributed by atoms with Crippen LogP contribution in [0, 0.1) is 36.0 Å². The number of pyridine rings is 1. The van der Waals surface area contributed by atoms with Crippen LogP contribution in [-0.2, 0) is 16.6 Å². The lowest BCUT2D eigenvalue weighted by Crippen LogP contribution is -2.53.